The number of hydrogen-bond acceptors (Lipinski definition) is 2. The van der Waals surface area contributed by atoms with E-state index in [0.29, 0.717) is 11.7 Å². The number of benzene rings is 1. The average Bonchev–Trinajstić information content (AvgIpc) is 2.23. The first-order valence-electron chi connectivity index (χ1n) is 5.11. The van der Waals surface area contributed by atoms with Crippen LogP contribution in [0.3, 0.4) is 0 Å². The summed E-state index contributed by atoms with van der Waals surface area (Å²) in [5.41, 5.74) is 0.608. The zero-order valence-electron chi connectivity index (χ0n) is 9.04. The number of nitrogens with one attached hydrogen (secondary N) is 1. The lowest BCUT2D eigenvalue weighted by Crippen LogP contribution is -2.50. The Labute approximate surface area is 106 Å². The monoisotopic (exact) mass is 264 g/mol. The molecule has 1 aromatic carbocycles. The van der Waals surface area contributed by atoms with Crippen LogP contribution < -0.4 is 10.2 Å². The topological polar surface area (TPSA) is 15.3 Å². The number of halogens is 3. The van der Waals surface area contributed by atoms with Gasteiger partial charge >= 0.3 is 0 Å². The van der Waals surface area contributed by atoms with Crippen molar-refractivity contribution in [2.45, 2.75) is 13.0 Å². The highest BCUT2D eigenvalue weighted by Gasteiger charge is 2.21. The fourth-order valence-corrected chi connectivity index (χ4v) is 2.08. The third-order valence-corrected chi connectivity index (χ3v) is 3.03. The average molecular weight is 265 g/mol. The van der Waals surface area contributed by atoms with Gasteiger partial charge in [0.1, 0.15) is 0 Å². The van der Waals surface area contributed by atoms with Crippen molar-refractivity contribution in [3.8, 4) is 0 Å². The molecule has 0 saturated carbocycles. The largest absolute Gasteiger partial charge is 0.364 e. The SMILES string of the molecule is C[C@H]1CNCCN1c1cccc(Cl)c1F.Cl. The van der Waals surface area contributed by atoms with Crippen molar-refractivity contribution in [1.29, 1.82) is 0 Å². The lowest BCUT2D eigenvalue weighted by molar-refractivity contribution is 0.491. The molecule has 1 heterocycles. The van der Waals surface area contributed by atoms with Crippen LogP contribution in [0.5, 0.6) is 0 Å². The van der Waals surface area contributed by atoms with E-state index in [1.165, 1.54) is 0 Å². The Kier molecular flexibility index (Phi) is 4.84. The number of rotatable bonds is 1. The molecule has 0 spiro atoms. The highest BCUT2D eigenvalue weighted by Crippen LogP contribution is 2.27. The van der Waals surface area contributed by atoms with Gasteiger partial charge in [-0.05, 0) is 19.1 Å². The minimum Gasteiger partial charge on any atom is -0.364 e. The third kappa shape index (κ3) is 2.59. The molecular formula is C11H15Cl2FN2. The van der Waals surface area contributed by atoms with E-state index in [2.05, 4.69) is 17.1 Å². The molecule has 16 heavy (non-hydrogen) atoms. The quantitative estimate of drug-likeness (QED) is 0.839. The van der Waals surface area contributed by atoms with Crippen molar-refractivity contribution in [2.24, 2.45) is 0 Å². The van der Waals surface area contributed by atoms with Crippen molar-refractivity contribution in [1.82, 2.24) is 5.32 Å². The molecule has 2 nitrogen and oxygen atoms in total. The second kappa shape index (κ2) is 5.71. The van der Waals surface area contributed by atoms with Gasteiger partial charge < -0.3 is 10.2 Å². The standard InChI is InChI=1S/C11H14ClFN2.ClH/c1-8-7-14-5-6-15(8)10-4-2-3-9(12)11(10)13;/h2-4,8,14H,5-7H2,1H3;1H/t8-;/m0./s1. The van der Waals surface area contributed by atoms with Crippen molar-refractivity contribution in [3.63, 3.8) is 0 Å². The molecule has 0 radical (unpaired) electrons. The van der Waals surface area contributed by atoms with Crippen LogP contribution in [0.25, 0.3) is 0 Å². The predicted octanol–water partition coefficient (Wildman–Crippen LogP) is 2.70. The molecule has 90 valence electrons. The summed E-state index contributed by atoms with van der Waals surface area (Å²) >= 11 is 5.76. The fourth-order valence-electron chi connectivity index (χ4n) is 1.91. The van der Waals surface area contributed by atoms with Crippen molar-refractivity contribution in [3.05, 3.63) is 29.0 Å². The Bertz CT molecular complexity index is 360. The Morgan fingerprint density at radius 1 is 1.50 bits per heavy atom. The molecule has 2 rings (SSSR count). The smallest absolute Gasteiger partial charge is 0.165 e. The van der Waals surface area contributed by atoms with E-state index in [0.717, 1.165) is 19.6 Å². The van der Waals surface area contributed by atoms with E-state index in [1.807, 2.05) is 0 Å². The molecule has 5 heteroatoms. The molecule has 0 unspecified atom stereocenters. The number of nitrogens with zero attached hydrogens (tertiary/aromatic N) is 1. The summed E-state index contributed by atoms with van der Waals surface area (Å²) in [5.74, 6) is -0.312. The van der Waals surface area contributed by atoms with Crippen molar-refractivity contribution >= 4 is 29.7 Å². The van der Waals surface area contributed by atoms with Gasteiger partial charge in [0, 0.05) is 25.7 Å². The summed E-state index contributed by atoms with van der Waals surface area (Å²) in [7, 11) is 0. The van der Waals surface area contributed by atoms with Crippen molar-refractivity contribution < 1.29 is 4.39 Å². The molecule has 1 fully saturated rings. The maximum Gasteiger partial charge on any atom is 0.165 e. The molecule has 1 N–H and O–H groups in total. The molecule has 0 aliphatic carbocycles. The first kappa shape index (κ1) is 13.6. The van der Waals surface area contributed by atoms with E-state index >= 15 is 0 Å². The molecule has 0 amide bonds. The van der Waals surface area contributed by atoms with E-state index in [1.54, 1.807) is 18.2 Å². The number of hydrogen-bond donors (Lipinski definition) is 1. The lowest BCUT2D eigenvalue weighted by Gasteiger charge is -2.36. The Morgan fingerprint density at radius 3 is 2.94 bits per heavy atom. The molecule has 0 bridgehead atoms. The van der Waals surface area contributed by atoms with Gasteiger partial charge in [0.05, 0.1) is 10.7 Å². The van der Waals surface area contributed by atoms with Gasteiger partial charge in [0.2, 0.25) is 0 Å². The fraction of sp³-hybridized carbons (Fsp3) is 0.455. The summed E-state index contributed by atoms with van der Waals surface area (Å²) in [5, 5.41) is 3.46. The highest BCUT2D eigenvalue weighted by molar-refractivity contribution is 6.31. The molecule has 1 atom stereocenters. The Balaban J connectivity index is 0.00000128. The minimum absolute atomic E-state index is 0. The first-order chi connectivity index (χ1) is 7.20. The van der Waals surface area contributed by atoms with E-state index < -0.39 is 0 Å². The van der Waals surface area contributed by atoms with Crippen molar-refractivity contribution in [2.75, 3.05) is 24.5 Å². The van der Waals surface area contributed by atoms with E-state index in [4.69, 9.17) is 11.6 Å². The van der Waals surface area contributed by atoms with E-state index in [-0.39, 0.29) is 23.2 Å². The third-order valence-electron chi connectivity index (χ3n) is 2.74. The summed E-state index contributed by atoms with van der Waals surface area (Å²) in [6, 6.07) is 5.44. The van der Waals surface area contributed by atoms with Crippen LogP contribution in [0.4, 0.5) is 10.1 Å². The van der Waals surface area contributed by atoms with Gasteiger partial charge in [-0.15, -0.1) is 12.4 Å². The zero-order valence-corrected chi connectivity index (χ0v) is 10.6. The Morgan fingerprint density at radius 2 is 2.25 bits per heavy atom. The summed E-state index contributed by atoms with van der Waals surface area (Å²) in [6.07, 6.45) is 0. The second-order valence-corrected chi connectivity index (χ2v) is 4.23. The number of piperazine rings is 1. The maximum absolute atomic E-state index is 13.8. The minimum atomic E-state index is -0.312. The molecular weight excluding hydrogens is 250 g/mol. The maximum atomic E-state index is 13.8. The molecule has 1 aliphatic heterocycles. The Hall–Kier alpha value is -0.510. The molecule has 0 aromatic heterocycles. The van der Waals surface area contributed by atoms with Gasteiger partial charge in [-0.3, -0.25) is 0 Å². The van der Waals surface area contributed by atoms with Crippen LogP contribution in [0.1, 0.15) is 6.92 Å². The van der Waals surface area contributed by atoms with Crippen LogP contribution in [-0.2, 0) is 0 Å². The molecule has 1 aromatic rings. The predicted molar refractivity (Wildman–Crippen MR) is 68.3 cm³/mol. The number of anilines is 1. The van der Waals surface area contributed by atoms with Crippen LogP contribution in [0.15, 0.2) is 18.2 Å². The summed E-state index contributed by atoms with van der Waals surface area (Å²) in [6.45, 7) is 4.66. The zero-order chi connectivity index (χ0) is 10.8. The van der Waals surface area contributed by atoms with Crippen LogP contribution in [0, 0.1) is 5.82 Å². The van der Waals surface area contributed by atoms with Gasteiger partial charge in [0.25, 0.3) is 0 Å². The van der Waals surface area contributed by atoms with Gasteiger partial charge in [-0.25, -0.2) is 4.39 Å². The molecule has 1 aliphatic rings. The van der Waals surface area contributed by atoms with Crippen LogP contribution in [-0.4, -0.2) is 25.7 Å². The summed E-state index contributed by atoms with van der Waals surface area (Å²) in [4.78, 5) is 2.05. The molecule has 1 saturated heterocycles. The summed E-state index contributed by atoms with van der Waals surface area (Å²) < 4.78 is 13.8. The first-order valence-corrected chi connectivity index (χ1v) is 5.49. The van der Waals surface area contributed by atoms with Gasteiger partial charge in [-0.2, -0.15) is 0 Å². The van der Waals surface area contributed by atoms with Crippen LogP contribution >= 0.6 is 24.0 Å². The highest BCUT2D eigenvalue weighted by atomic mass is 35.5. The van der Waals surface area contributed by atoms with E-state index in [9.17, 15) is 4.39 Å². The van der Waals surface area contributed by atoms with Crippen LogP contribution in [0.2, 0.25) is 5.02 Å². The second-order valence-electron chi connectivity index (χ2n) is 3.82. The van der Waals surface area contributed by atoms with Gasteiger partial charge in [-0.1, -0.05) is 17.7 Å². The lowest BCUT2D eigenvalue weighted by atomic mass is 10.1. The van der Waals surface area contributed by atoms with Gasteiger partial charge in [0.15, 0.2) is 5.82 Å². The normalized spacial score (nSPS) is 20.4.